The molecule has 0 nitrogen and oxygen atoms in total. The lowest BCUT2D eigenvalue weighted by Gasteiger charge is -1.61. The van der Waals surface area contributed by atoms with Crippen LogP contribution in [-0.4, -0.2) is 5.88 Å². The highest BCUT2D eigenvalue weighted by Crippen LogP contribution is 1.82. The maximum absolute atomic E-state index is 5.18. The fourth-order valence-corrected chi connectivity index (χ4v) is 0.525. The number of allylic oxidation sites excluding steroid dienone is 1. The Labute approximate surface area is 45.0 Å². The Balaban J connectivity index is 2.62. The van der Waals surface area contributed by atoms with Gasteiger partial charge in [-0.25, -0.2) is 0 Å². The largest absolute Gasteiger partial charge is 0.122 e. The van der Waals surface area contributed by atoms with Crippen LogP contribution in [0.2, 0.25) is 0 Å². The standard InChI is InChI=1S/C3H4BrCl/c4-2-1-3-5/h1-2H,3H2/b2-1+. The van der Waals surface area contributed by atoms with Crippen LogP contribution in [0.25, 0.3) is 0 Å². The van der Waals surface area contributed by atoms with Gasteiger partial charge in [-0.15, -0.1) is 11.6 Å². The molecule has 0 fully saturated rings. The van der Waals surface area contributed by atoms with Gasteiger partial charge in [0.05, 0.1) is 0 Å². The zero-order valence-corrected chi connectivity index (χ0v) is 4.96. The average Bonchev–Trinajstić information content (AvgIpc) is 1.41. The second kappa shape index (κ2) is 4.51. The molecule has 0 radical (unpaired) electrons. The summed E-state index contributed by atoms with van der Waals surface area (Å²) < 4.78 is 0. The van der Waals surface area contributed by atoms with Crippen molar-refractivity contribution in [3.8, 4) is 0 Å². The molecule has 5 heavy (non-hydrogen) atoms. The number of hydrogen-bond acceptors (Lipinski definition) is 0. The lowest BCUT2D eigenvalue weighted by atomic mass is 10.8. The van der Waals surface area contributed by atoms with Gasteiger partial charge in [0.25, 0.3) is 0 Å². The Bertz CT molecular complexity index is 33.9. The van der Waals surface area contributed by atoms with Gasteiger partial charge in [0, 0.05) is 5.88 Å². The zero-order chi connectivity index (χ0) is 4.12. The summed E-state index contributed by atoms with van der Waals surface area (Å²) in [4.78, 5) is 1.74. The minimum Gasteiger partial charge on any atom is -0.122 e. The Morgan fingerprint density at radius 2 is 2.40 bits per heavy atom. The third-order valence-corrected chi connectivity index (χ3v) is 0.730. The first-order valence-electron chi connectivity index (χ1n) is 1.23. The first kappa shape index (κ1) is 5.51. The number of alkyl halides is 1. The minimum absolute atomic E-state index is 0.589. The summed E-state index contributed by atoms with van der Waals surface area (Å²) in [5.74, 6) is 0.589. The zero-order valence-electron chi connectivity index (χ0n) is 2.62. The molecular weight excluding hydrogens is 151 g/mol. The molecule has 0 unspecified atom stereocenters. The van der Waals surface area contributed by atoms with Crippen LogP contribution in [-0.2, 0) is 0 Å². The topological polar surface area (TPSA) is 0 Å². The molecule has 0 aromatic rings. The third kappa shape index (κ3) is 4.51. The second-order valence-electron chi connectivity index (χ2n) is 0.516. The van der Waals surface area contributed by atoms with E-state index in [1.165, 1.54) is 0 Å². The number of rotatable bonds is 1. The monoisotopic (exact) mass is 154 g/mol. The van der Waals surface area contributed by atoms with Crippen molar-refractivity contribution in [1.29, 1.82) is 0 Å². The lowest BCUT2D eigenvalue weighted by Crippen LogP contribution is -1.48. The molecule has 0 atom stereocenters. The molecule has 0 aromatic carbocycles. The van der Waals surface area contributed by atoms with Crippen LogP contribution in [0.3, 0.4) is 0 Å². The molecule has 0 spiro atoms. The molecule has 0 rings (SSSR count). The van der Waals surface area contributed by atoms with E-state index in [9.17, 15) is 0 Å². The molecule has 0 heterocycles. The van der Waals surface area contributed by atoms with Gasteiger partial charge >= 0.3 is 0 Å². The highest BCUT2D eigenvalue weighted by atomic mass is 79.9. The maximum atomic E-state index is 5.18. The van der Waals surface area contributed by atoms with E-state index in [4.69, 9.17) is 11.6 Å². The molecule has 0 saturated carbocycles. The van der Waals surface area contributed by atoms with Crippen molar-refractivity contribution >= 4 is 27.5 Å². The van der Waals surface area contributed by atoms with Gasteiger partial charge < -0.3 is 0 Å². The molecule has 0 aliphatic rings. The highest BCUT2D eigenvalue weighted by molar-refractivity contribution is 9.11. The molecular formula is C3H4BrCl. The quantitative estimate of drug-likeness (QED) is 0.509. The van der Waals surface area contributed by atoms with Crippen molar-refractivity contribution in [2.45, 2.75) is 0 Å². The fraction of sp³-hybridized carbons (Fsp3) is 0.333. The summed E-state index contributed by atoms with van der Waals surface area (Å²) in [6.07, 6.45) is 1.81. The van der Waals surface area contributed by atoms with Gasteiger partial charge in [0.2, 0.25) is 0 Å². The van der Waals surface area contributed by atoms with E-state index in [2.05, 4.69) is 15.9 Å². The highest BCUT2D eigenvalue weighted by Gasteiger charge is 1.56. The summed E-state index contributed by atoms with van der Waals surface area (Å²) in [6.45, 7) is 0. The Morgan fingerprint density at radius 3 is 2.40 bits per heavy atom. The van der Waals surface area contributed by atoms with Crippen molar-refractivity contribution < 1.29 is 0 Å². The summed E-state index contributed by atoms with van der Waals surface area (Å²) in [5, 5.41) is 0. The van der Waals surface area contributed by atoms with Crippen LogP contribution in [0.4, 0.5) is 0 Å². The van der Waals surface area contributed by atoms with Gasteiger partial charge in [0.15, 0.2) is 0 Å². The van der Waals surface area contributed by atoms with E-state index in [0.717, 1.165) is 0 Å². The molecule has 0 amide bonds. The average molecular weight is 155 g/mol. The summed E-state index contributed by atoms with van der Waals surface area (Å²) >= 11 is 8.23. The number of hydrogen-bond donors (Lipinski definition) is 0. The molecule has 0 aliphatic carbocycles. The van der Waals surface area contributed by atoms with E-state index in [0.29, 0.717) is 5.88 Å². The molecule has 0 saturated heterocycles. The summed E-state index contributed by atoms with van der Waals surface area (Å²) in [7, 11) is 0. The van der Waals surface area contributed by atoms with Gasteiger partial charge in [-0.05, 0) is 4.99 Å². The van der Waals surface area contributed by atoms with Crippen molar-refractivity contribution in [2.75, 3.05) is 5.88 Å². The Morgan fingerprint density at radius 1 is 1.80 bits per heavy atom. The van der Waals surface area contributed by atoms with Crippen molar-refractivity contribution in [1.82, 2.24) is 0 Å². The molecule has 2 heteroatoms. The van der Waals surface area contributed by atoms with Gasteiger partial charge in [-0.1, -0.05) is 22.0 Å². The van der Waals surface area contributed by atoms with Crippen LogP contribution >= 0.6 is 27.5 Å². The molecule has 30 valence electrons. The molecule has 0 aliphatic heterocycles. The van der Waals surface area contributed by atoms with Crippen LogP contribution in [0.15, 0.2) is 11.1 Å². The van der Waals surface area contributed by atoms with E-state index in [1.807, 2.05) is 6.08 Å². The van der Waals surface area contributed by atoms with E-state index < -0.39 is 0 Å². The second-order valence-corrected chi connectivity index (χ2v) is 1.35. The van der Waals surface area contributed by atoms with Crippen molar-refractivity contribution in [3.05, 3.63) is 11.1 Å². The van der Waals surface area contributed by atoms with Crippen molar-refractivity contribution in [2.24, 2.45) is 0 Å². The van der Waals surface area contributed by atoms with E-state index in [1.54, 1.807) is 4.99 Å². The van der Waals surface area contributed by atoms with E-state index in [-0.39, 0.29) is 0 Å². The third-order valence-electron chi connectivity index (χ3n) is 0.178. The van der Waals surface area contributed by atoms with Crippen molar-refractivity contribution in [3.63, 3.8) is 0 Å². The van der Waals surface area contributed by atoms with E-state index >= 15 is 0 Å². The van der Waals surface area contributed by atoms with Gasteiger partial charge in [-0.2, -0.15) is 0 Å². The van der Waals surface area contributed by atoms with Gasteiger partial charge in [-0.3, -0.25) is 0 Å². The SMILES string of the molecule is ClC/C=C/Br. The lowest BCUT2D eigenvalue weighted by molar-refractivity contribution is 1.79. The van der Waals surface area contributed by atoms with Crippen LogP contribution in [0.1, 0.15) is 0 Å². The predicted molar refractivity (Wildman–Crippen MR) is 28.8 cm³/mol. The Hall–Kier alpha value is 0.510. The normalized spacial score (nSPS) is 10.0. The smallest absolute Gasteiger partial charge is 0.0412 e. The maximum Gasteiger partial charge on any atom is 0.0412 e. The van der Waals surface area contributed by atoms with Crippen LogP contribution in [0, 0.1) is 0 Å². The Kier molecular flexibility index (Phi) is 4.97. The first-order valence-corrected chi connectivity index (χ1v) is 2.68. The molecule has 0 bridgehead atoms. The predicted octanol–water partition coefficient (Wildman–Crippen LogP) is 2.13. The van der Waals surface area contributed by atoms with Crippen LogP contribution in [0.5, 0.6) is 0 Å². The van der Waals surface area contributed by atoms with Crippen LogP contribution < -0.4 is 0 Å². The molecule has 0 N–H and O–H groups in total. The summed E-state index contributed by atoms with van der Waals surface area (Å²) in [6, 6.07) is 0. The summed E-state index contributed by atoms with van der Waals surface area (Å²) in [5.41, 5.74) is 0. The minimum atomic E-state index is 0.589. The fourth-order valence-electron chi connectivity index (χ4n) is 0.0337. The number of halogens is 2. The first-order chi connectivity index (χ1) is 2.41. The van der Waals surface area contributed by atoms with Gasteiger partial charge in [0.1, 0.15) is 0 Å². The molecule has 0 aromatic heterocycles.